The van der Waals surface area contributed by atoms with Crippen molar-refractivity contribution in [2.24, 2.45) is 5.41 Å². The molecule has 2 atom stereocenters. The summed E-state index contributed by atoms with van der Waals surface area (Å²) < 4.78 is 0.223. The lowest BCUT2D eigenvalue weighted by atomic mass is 9.65. The van der Waals surface area contributed by atoms with Crippen molar-refractivity contribution in [2.45, 2.75) is 51.7 Å². The van der Waals surface area contributed by atoms with E-state index in [1.807, 2.05) is 11.8 Å². The molecular formula is C17H20S2. The molecule has 19 heavy (non-hydrogen) atoms. The molecule has 0 aromatic carbocycles. The van der Waals surface area contributed by atoms with Gasteiger partial charge in [-0.05, 0) is 79.6 Å². The molecule has 2 unspecified atom stereocenters. The molecule has 0 aromatic rings. The van der Waals surface area contributed by atoms with Crippen LogP contribution in [-0.2, 0) is 0 Å². The lowest BCUT2D eigenvalue weighted by Crippen LogP contribution is -2.42. The first-order chi connectivity index (χ1) is 8.97. The SMILES string of the molecule is CC1=CC2(C)C(=C3CCCC3=C3C(C)=CSC32C)S1. The number of fused-ring (bicyclic) bond motifs is 4. The molecule has 2 aliphatic carbocycles. The second-order valence-electron chi connectivity index (χ2n) is 6.53. The summed E-state index contributed by atoms with van der Waals surface area (Å²) in [6, 6.07) is 0. The Balaban J connectivity index is 2.06. The molecule has 4 rings (SSSR count). The van der Waals surface area contributed by atoms with Gasteiger partial charge in [-0.3, -0.25) is 0 Å². The highest BCUT2D eigenvalue weighted by Crippen LogP contribution is 2.69. The summed E-state index contributed by atoms with van der Waals surface area (Å²) in [6.07, 6.45) is 6.48. The summed E-state index contributed by atoms with van der Waals surface area (Å²) in [5, 5.41) is 2.40. The molecule has 0 bridgehead atoms. The first-order valence-corrected chi connectivity index (χ1v) is 8.87. The molecule has 0 aromatic heterocycles. The molecule has 0 nitrogen and oxygen atoms in total. The third kappa shape index (κ3) is 1.30. The second-order valence-corrected chi connectivity index (χ2v) is 9.07. The molecule has 0 N–H and O–H groups in total. The highest BCUT2D eigenvalue weighted by atomic mass is 32.2. The summed E-state index contributed by atoms with van der Waals surface area (Å²) >= 11 is 4.09. The lowest BCUT2D eigenvalue weighted by molar-refractivity contribution is 0.435. The fraction of sp³-hybridized carbons (Fsp3) is 0.529. The summed E-state index contributed by atoms with van der Waals surface area (Å²) in [7, 11) is 0. The van der Waals surface area contributed by atoms with Gasteiger partial charge in [-0.15, -0.1) is 11.8 Å². The van der Waals surface area contributed by atoms with E-state index in [1.54, 1.807) is 21.6 Å². The van der Waals surface area contributed by atoms with Gasteiger partial charge in [0.2, 0.25) is 0 Å². The van der Waals surface area contributed by atoms with E-state index in [-0.39, 0.29) is 10.2 Å². The van der Waals surface area contributed by atoms with Gasteiger partial charge in [0.15, 0.2) is 0 Å². The topological polar surface area (TPSA) is 0 Å². The van der Waals surface area contributed by atoms with Crippen LogP contribution in [0.3, 0.4) is 0 Å². The minimum atomic E-state index is 0.208. The maximum atomic E-state index is 2.54. The van der Waals surface area contributed by atoms with E-state index in [0.717, 1.165) is 0 Å². The van der Waals surface area contributed by atoms with Gasteiger partial charge in [0, 0.05) is 10.3 Å². The number of hydrogen-bond acceptors (Lipinski definition) is 2. The first kappa shape index (κ1) is 12.4. The van der Waals surface area contributed by atoms with Crippen LogP contribution < -0.4 is 0 Å². The Morgan fingerprint density at radius 3 is 2.63 bits per heavy atom. The molecule has 2 heteroatoms. The molecule has 2 heterocycles. The molecule has 0 saturated heterocycles. The average Bonchev–Trinajstić information content (AvgIpc) is 2.98. The van der Waals surface area contributed by atoms with Crippen LogP contribution in [0.4, 0.5) is 0 Å². The standard InChI is InChI=1S/C17H20S2/c1-10-9-18-17(4)14(10)12-6-5-7-13(12)15-16(17,3)8-11(2)19-15/h8-9H,5-7H2,1-4H3. The van der Waals surface area contributed by atoms with E-state index in [0.29, 0.717) is 0 Å². The maximum Gasteiger partial charge on any atom is 0.0561 e. The number of rotatable bonds is 0. The van der Waals surface area contributed by atoms with Crippen LogP contribution in [0.2, 0.25) is 0 Å². The zero-order valence-corrected chi connectivity index (χ0v) is 13.7. The molecule has 0 spiro atoms. The number of thioether (sulfide) groups is 2. The normalized spacial score (nSPS) is 40.2. The average molecular weight is 288 g/mol. The number of hydrogen-bond donors (Lipinski definition) is 0. The van der Waals surface area contributed by atoms with Gasteiger partial charge in [0.25, 0.3) is 0 Å². The van der Waals surface area contributed by atoms with Crippen LogP contribution in [-0.4, -0.2) is 4.75 Å². The Bertz CT molecular complexity index is 617. The predicted octanol–water partition coefficient (Wildman–Crippen LogP) is 5.80. The molecule has 0 radical (unpaired) electrons. The summed E-state index contributed by atoms with van der Waals surface area (Å²) in [5.74, 6) is 0. The van der Waals surface area contributed by atoms with Crippen molar-refractivity contribution in [1.82, 2.24) is 0 Å². The smallest absolute Gasteiger partial charge is 0.0561 e. The molecular weight excluding hydrogens is 268 g/mol. The van der Waals surface area contributed by atoms with Crippen molar-refractivity contribution in [1.29, 1.82) is 0 Å². The van der Waals surface area contributed by atoms with Crippen molar-refractivity contribution >= 4 is 23.5 Å². The van der Waals surface area contributed by atoms with E-state index in [2.05, 4.69) is 50.9 Å². The second kappa shape index (κ2) is 3.65. The van der Waals surface area contributed by atoms with E-state index >= 15 is 0 Å². The van der Waals surface area contributed by atoms with Gasteiger partial charge in [-0.25, -0.2) is 0 Å². The molecule has 100 valence electrons. The van der Waals surface area contributed by atoms with E-state index in [4.69, 9.17) is 0 Å². The van der Waals surface area contributed by atoms with Gasteiger partial charge in [-0.1, -0.05) is 17.8 Å². The Morgan fingerprint density at radius 2 is 1.84 bits per heavy atom. The fourth-order valence-electron chi connectivity index (χ4n) is 4.38. The minimum absolute atomic E-state index is 0.208. The van der Waals surface area contributed by atoms with Gasteiger partial charge in [0.1, 0.15) is 0 Å². The Morgan fingerprint density at radius 1 is 1.11 bits per heavy atom. The molecule has 1 saturated carbocycles. The van der Waals surface area contributed by atoms with Crippen molar-refractivity contribution in [3.05, 3.63) is 43.6 Å². The van der Waals surface area contributed by atoms with Crippen LogP contribution in [0.25, 0.3) is 0 Å². The van der Waals surface area contributed by atoms with Crippen LogP contribution >= 0.6 is 23.5 Å². The maximum absolute atomic E-state index is 2.54. The van der Waals surface area contributed by atoms with E-state index < -0.39 is 0 Å². The summed E-state index contributed by atoms with van der Waals surface area (Å²) in [6.45, 7) is 9.52. The van der Waals surface area contributed by atoms with E-state index in [1.165, 1.54) is 29.7 Å². The molecule has 2 aliphatic heterocycles. The zero-order valence-electron chi connectivity index (χ0n) is 12.1. The number of allylic oxidation sites excluding steroid dienone is 6. The minimum Gasteiger partial charge on any atom is -0.121 e. The zero-order chi connectivity index (χ0) is 13.4. The Labute approximate surface area is 124 Å². The van der Waals surface area contributed by atoms with Gasteiger partial charge >= 0.3 is 0 Å². The summed E-state index contributed by atoms with van der Waals surface area (Å²) in [5.41, 5.74) is 6.79. The highest BCUT2D eigenvalue weighted by molar-refractivity contribution is 8.07. The third-order valence-electron chi connectivity index (χ3n) is 5.35. The van der Waals surface area contributed by atoms with Crippen molar-refractivity contribution in [3.63, 3.8) is 0 Å². The molecule has 4 aliphatic rings. The quantitative estimate of drug-likeness (QED) is 0.552. The first-order valence-electron chi connectivity index (χ1n) is 7.17. The van der Waals surface area contributed by atoms with Crippen LogP contribution in [0.5, 0.6) is 0 Å². The van der Waals surface area contributed by atoms with Gasteiger partial charge in [0.05, 0.1) is 4.75 Å². The largest absolute Gasteiger partial charge is 0.121 e. The van der Waals surface area contributed by atoms with Gasteiger partial charge in [-0.2, -0.15) is 0 Å². The third-order valence-corrected chi connectivity index (χ3v) is 8.24. The van der Waals surface area contributed by atoms with Crippen molar-refractivity contribution in [3.8, 4) is 0 Å². The van der Waals surface area contributed by atoms with Crippen LogP contribution in [0.15, 0.2) is 43.6 Å². The fourth-order valence-corrected chi connectivity index (χ4v) is 7.22. The monoisotopic (exact) mass is 288 g/mol. The lowest BCUT2D eigenvalue weighted by Gasteiger charge is -2.46. The summed E-state index contributed by atoms with van der Waals surface area (Å²) in [4.78, 5) is 3.16. The Kier molecular flexibility index (Phi) is 2.38. The predicted molar refractivity (Wildman–Crippen MR) is 87.1 cm³/mol. The van der Waals surface area contributed by atoms with Crippen molar-refractivity contribution in [2.75, 3.05) is 0 Å². The molecule has 0 amide bonds. The van der Waals surface area contributed by atoms with Crippen LogP contribution in [0.1, 0.15) is 47.0 Å². The van der Waals surface area contributed by atoms with Gasteiger partial charge < -0.3 is 0 Å². The van der Waals surface area contributed by atoms with Crippen molar-refractivity contribution < 1.29 is 0 Å². The highest BCUT2D eigenvalue weighted by Gasteiger charge is 2.57. The van der Waals surface area contributed by atoms with Crippen LogP contribution in [0, 0.1) is 5.41 Å². The Hall–Kier alpha value is -0.340. The van der Waals surface area contributed by atoms with E-state index in [9.17, 15) is 0 Å². The molecule has 1 fully saturated rings.